The zero-order valence-electron chi connectivity index (χ0n) is 25.9. The van der Waals surface area contributed by atoms with Crippen molar-refractivity contribution in [2.75, 3.05) is 52.6 Å². The normalized spacial score (nSPS) is 26.8. The number of hydrogen-bond donors (Lipinski definition) is 2. The Morgan fingerprint density at radius 1 is 0.714 bits per heavy atom. The maximum Gasteiger partial charge on any atom is 0.308 e. The number of ketones is 2. The SMILES string of the molecule is CC(C)C(=O)Cl.CC(C)C(=O)OCC1(COC(=O)C(C)C)C(=O)C2CCN1CC2.O=C1C2CCN(CC2)C1(CO)CO. The molecule has 0 aromatic carbocycles. The van der Waals surface area contributed by atoms with Gasteiger partial charge in [-0.25, -0.2) is 0 Å². The third-order valence-corrected chi connectivity index (χ3v) is 9.12. The molecule has 6 fully saturated rings. The molecule has 0 atom stereocenters. The molecule has 240 valence electrons. The van der Waals surface area contributed by atoms with Gasteiger partial charge in [0, 0.05) is 30.8 Å². The monoisotopic (exact) mass is 616 g/mol. The van der Waals surface area contributed by atoms with Crippen LogP contribution in [0.15, 0.2) is 0 Å². The summed E-state index contributed by atoms with van der Waals surface area (Å²) in [4.78, 5) is 62.2. The third-order valence-electron chi connectivity index (χ3n) is 8.69. The Morgan fingerprint density at radius 2 is 1.02 bits per heavy atom. The molecule has 2 N–H and O–H groups in total. The van der Waals surface area contributed by atoms with Crippen LogP contribution in [0.3, 0.4) is 0 Å². The first-order valence-electron chi connectivity index (χ1n) is 15.0. The van der Waals surface area contributed by atoms with E-state index >= 15 is 0 Å². The van der Waals surface area contributed by atoms with Crippen LogP contribution in [0, 0.1) is 29.6 Å². The van der Waals surface area contributed by atoms with Crippen LogP contribution in [-0.4, -0.2) is 112 Å². The molecule has 6 aliphatic heterocycles. The molecule has 0 aromatic heterocycles. The predicted octanol–water partition coefficient (Wildman–Crippen LogP) is 1.83. The number of piperidine rings is 6. The highest BCUT2D eigenvalue weighted by Crippen LogP contribution is 2.37. The van der Waals surface area contributed by atoms with Gasteiger partial charge in [-0.15, -0.1) is 0 Å². The molecule has 0 aliphatic carbocycles. The minimum atomic E-state index is -1.00. The average Bonchev–Trinajstić information content (AvgIpc) is 2.98. The summed E-state index contributed by atoms with van der Waals surface area (Å²) in [7, 11) is 0. The van der Waals surface area contributed by atoms with Gasteiger partial charge in [-0.05, 0) is 50.4 Å². The molecule has 0 saturated carbocycles. The van der Waals surface area contributed by atoms with Crippen molar-refractivity contribution in [3.05, 3.63) is 0 Å². The minimum Gasteiger partial charge on any atom is -0.463 e. The van der Waals surface area contributed by atoms with Gasteiger partial charge in [0.1, 0.15) is 24.3 Å². The summed E-state index contributed by atoms with van der Waals surface area (Å²) in [6.45, 7) is 13.2. The van der Waals surface area contributed by atoms with Crippen molar-refractivity contribution in [3.63, 3.8) is 0 Å². The molecule has 6 saturated heterocycles. The molecule has 0 aromatic rings. The first-order valence-corrected chi connectivity index (χ1v) is 15.4. The molecular weight excluding hydrogens is 568 g/mol. The number of rotatable bonds is 9. The average molecular weight is 617 g/mol. The van der Waals surface area contributed by atoms with Crippen molar-refractivity contribution in [1.29, 1.82) is 0 Å². The first-order chi connectivity index (χ1) is 19.7. The van der Waals surface area contributed by atoms with Gasteiger partial charge in [-0.3, -0.25) is 33.8 Å². The van der Waals surface area contributed by atoms with E-state index in [2.05, 4.69) is 0 Å². The molecule has 0 radical (unpaired) electrons. The minimum absolute atomic E-state index is 0.0181. The largest absolute Gasteiger partial charge is 0.463 e. The van der Waals surface area contributed by atoms with Crippen LogP contribution < -0.4 is 0 Å². The van der Waals surface area contributed by atoms with Crippen LogP contribution >= 0.6 is 11.6 Å². The molecule has 42 heavy (non-hydrogen) atoms. The molecule has 0 amide bonds. The van der Waals surface area contributed by atoms with Crippen LogP contribution in [0.1, 0.15) is 67.2 Å². The van der Waals surface area contributed by atoms with Gasteiger partial charge < -0.3 is 19.7 Å². The van der Waals surface area contributed by atoms with E-state index in [9.17, 15) is 34.2 Å². The lowest BCUT2D eigenvalue weighted by molar-refractivity contribution is -0.174. The van der Waals surface area contributed by atoms with Crippen molar-refractivity contribution in [2.24, 2.45) is 29.6 Å². The molecule has 0 unspecified atom stereocenters. The lowest BCUT2D eigenvalue weighted by Gasteiger charge is -2.51. The number of nitrogens with zero attached hydrogens (tertiary/aromatic N) is 2. The van der Waals surface area contributed by atoms with Gasteiger partial charge in [0.15, 0.2) is 11.6 Å². The van der Waals surface area contributed by atoms with Gasteiger partial charge in [0.25, 0.3) is 0 Å². The fourth-order valence-electron chi connectivity index (χ4n) is 5.70. The van der Waals surface area contributed by atoms with Crippen molar-refractivity contribution in [3.8, 4) is 0 Å². The summed E-state index contributed by atoms with van der Waals surface area (Å²) < 4.78 is 10.7. The Hall–Kier alpha value is -1.92. The summed E-state index contributed by atoms with van der Waals surface area (Å²) in [5, 5.41) is 18.2. The van der Waals surface area contributed by atoms with Crippen molar-refractivity contribution < 1.29 is 43.7 Å². The molecule has 0 spiro atoms. The number of Topliss-reactive ketones (excluding diaryl/α,β-unsaturated/α-hetero) is 2. The zero-order valence-corrected chi connectivity index (χ0v) is 26.7. The van der Waals surface area contributed by atoms with E-state index in [0.29, 0.717) is 0 Å². The highest BCUT2D eigenvalue weighted by Gasteiger charge is 2.55. The van der Waals surface area contributed by atoms with E-state index < -0.39 is 11.1 Å². The Kier molecular flexibility index (Phi) is 13.6. The number of fused-ring (bicyclic) bond motifs is 6. The predicted molar refractivity (Wildman–Crippen MR) is 156 cm³/mol. The van der Waals surface area contributed by atoms with Crippen LogP contribution in [0.5, 0.6) is 0 Å². The number of aliphatic hydroxyl groups excluding tert-OH is 2. The van der Waals surface area contributed by atoms with Crippen LogP contribution in [0.4, 0.5) is 0 Å². The number of carbonyl (C=O) groups is 5. The second-order valence-electron chi connectivity index (χ2n) is 12.6. The first kappa shape index (κ1) is 36.3. The van der Waals surface area contributed by atoms with Crippen LogP contribution in [0.2, 0.25) is 0 Å². The van der Waals surface area contributed by atoms with Gasteiger partial charge in [0.05, 0.1) is 25.0 Å². The smallest absolute Gasteiger partial charge is 0.308 e. The summed E-state index contributed by atoms with van der Waals surface area (Å²) in [6.07, 6.45) is 3.44. The van der Waals surface area contributed by atoms with E-state index in [4.69, 9.17) is 21.1 Å². The number of ether oxygens (including phenoxy) is 2. The Morgan fingerprint density at radius 3 is 1.24 bits per heavy atom. The summed E-state index contributed by atoms with van der Waals surface area (Å²) in [6, 6.07) is 0. The third kappa shape index (κ3) is 8.16. The number of halogens is 1. The topological polar surface area (TPSA) is 151 Å². The molecule has 6 heterocycles. The van der Waals surface area contributed by atoms with E-state index in [1.807, 2.05) is 9.80 Å². The lowest BCUT2D eigenvalue weighted by Crippen LogP contribution is -2.69. The fraction of sp³-hybridized carbons (Fsp3) is 0.833. The second-order valence-corrected chi connectivity index (χ2v) is 13.0. The van der Waals surface area contributed by atoms with E-state index in [0.717, 1.165) is 51.9 Å². The Balaban J connectivity index is 0.000000270. The van der Waals surface area contributed by atoms with Gasteiger partial charge in [0.2, 0.25) is 5.24 Å². The highest BCUT2D eigenvalue weighted by atomic mass is 35.5. The summed E-state index contributed by atoms with van der Waals surface area (Å²) >= 11 is 4.97. The molecule has 12 heteroatoms. The number of aliphatic hydroxyl groups is 2. The van der Waals surface area contributed by atoms with Gasteiger partial charge in [-0.2, -0.15) is 0 Å². The lowest BCUT2D eigenvalue weighted by atomic mass is 9.74. The Bertz CT molecular complexity index is 940. The van der Waals surface area contributed by atoms with E-state index in [1.165, 1.54) is 0 Å². The number of carbonyl (C=O) groups excluding carboxylic acids is 5. The van der Waals surface area contributed by atoms with Crippen molar-refractivity contribution in [2.45, 2.75) is 78.3 Å². The molecule has 11 nitrogen and oxygen atoms in total. The summed E-state index contributed by atoms with van der Waals surface area (Å²) in [5.74, 6) is -1.07. The fourth-order valence-corrected chi connectivity index (χ4v) is 5.70. The molecular formula is C30H49ClN2O9. The molecule has 6 rings (SSSR count). The second kappa shape index (κ2) is 15.7. The van der Waals surface area contributed by atoms with Crippen molar-refractivity contribution in [1.82, 2.24) is 9.80 Å². The van der Waals surface area contributed by atoms with Crippen LogP contribution in [0.25, 0.3) is 0 Å². The highest BCUT2D eigenvalue weighted by molar-refractivity contribution is 6.63. The Labute approximate surface area is 254 Å². The quantitative estimate of drug-likeness (QED) is 0.288. The molecule has 6 aliphatic rings. The number of hydrogen-bond acceptors (Lipinski definition) is 11. The maximum absolute atomic E-state index is 12.8. The van der Waals surface area contributed by atoms with E-state index in [1.54, 1.807) is 41.5 Å². The van der Waals surface area contributed by atoms with Crippen molar-refractivity contribution >= 4 is 40.3 Å². The summed E-state index contributed by atoms with van der Waals surface area (Å²) in [5.41, 5.74) is -1.96. The standard InChI is InChI=1S/C17H27NO5.C9H15NO3.C4H7ClO/c1-11(2)15(20)22-9-17(10-23-16(21)12(3)4)14(19)13-5-7-18(17)8-6-13;11-5-9(6-12)8(13)7-1-3-10(9)4-2-7;1-3(2)4(5)6/h11-13H,5-10H2,1-4H3;7,11-12H,1-6H2;3H,1-2H3. The van der Waals surface area contributed by atoms with Crippen LogP contribution in [-0.2, 0) is 33.4 Å². The molecule has 4 bridgehead atoms. The van der Waals surface area contributed by atoms with Gasteiger partial charge >= 0.3 is 11.9 Å². The van der Waals surface area contributed by atoms with E-state index in [-0.39, 0.29) is 84.8 Å². The zero-order chi connectivity index (χ0) is 31.8. The van der Waals surface area contributed by atoms with Gasteiger partial charge in [-0.1, -0.05) is 41.5 Å². The maximum atomic E-state index is 12.8. The number of esters is 2.